The number of hydrogen-bond donors (Lipinski definition) is 1. The lowest BCUT2D eigenvalue weighted by Crippen LogP contribution is -2.03. The summed E-state index contributed by atoms with van der Waals surface area (Å²) in [6.45, 7) is 7.43. The third-order valence-corrected chi connectivity index (χ3v) is 3.36. The van der Waals surface area contributed by atoms with Gasteiger partial charge in [0.1, 0.15) is 12.4 Å². The molecule has 0 amide bonds. The lowest BCUT2D eigenvalue weighted by Gasteiger charge is -2.13. The van der Waals surface area contributed by atoms with Crippen LogP contribution < -0.4 is 10.5 Å². The first-order chi connectivity index (χ1) is 9.60. The van der Waals surface area contributed by atoms with Crippen LogP contribution >= 0.6 is 0 Å². The minimum absolute atomic E-state index is 0.454. The second-order valence-corrected chi connectivity index (χ2v) is 5.33. The van der Waals surface area contributed by atoms with Gasteiger partial charge in [-0.15, -0.1) is 0 Å². The van der Waals surface area contributed by atoms with Crippen LogP contribution in [0.2, 0.25) is 0 Å². The van der Waals surface area contributed by atoms with Crippen LogP contribution in [0.1, 0.15) is 42.1 Å². The Balaban J connectivity index is 2.11. The van der Waals surface area contributed by atoms with Crippen molar-refractivity contribution in [2.24, 2.45) is 5.73 Å². The van der Waals surface area contributed by atoms with Crippen molar-refractivity contribution < 1.29 is 4.74 Å². The van der Waals surface area contributed by atoms with Gasteiger partial charge in [-0.25, -0.2) is 0 Å². The molecule has 2 rings (SSSR count). The first kappa shape index (κ1) is 14.5. The third-order valence-electron chi connectivity index (χ3n) is 3.36. The van der Waals surface area contributed by atoms with Gasteiger partial charge in [-0.1, -0.05) is 26.0 Å². The highest BCUT2D eigenvalue weighted by molar-refractivity contribution is 5.38. The zero-order valence-corrected chi connectivity index (χ0v) is 12.4. The monoisotopic (exact) mass is 270 g/mol. The van der Waals surface area contributed by atoms with E-state index in [1.54, 1.807) is 6.20 Å². The summed E-state index contributed by atoms with van der Waals surface area (Å²) in [5, 5.41) is 0. The molecular formula is C17H22N2O. The highest BCUT2D eigenvalue weighted by Crippen LogP contribution is 2.25. The Morgan fingerprint density at radius 1 is 1.20 bits per heavy atom. The SMILES string of the molecule is Cc1ccc(C(C)C)cc1OCc1ccnc(CN)c1. The number of ether oxygens (including phenoxy) is 1. The van der Waals surface area contributed by atoms with Crippen LogP contribution in [0, 0.1) is 6.92 Å². The topological polar surface area (TPSA) is 48.1 Å². The molecule has 2 aromatic rings. The molecule has 106 valence electrons. The quantitative estimate of drug-likeness (QED) is 0.903. The molecule has 3 heteroatoms. The Morgan fingerprint density at radius 2 is 2.00 bits per heavy atom. The van der Waals surface area contributed by atoms with Crippen molar-refractivity contribution in [1.82, 2.24) is 4.98 Å². The molecule has 1 heterocycles. The second-order valence-electron chi connectivity index (χ2n) is 5.33. The minimum atomic E-state index is 0.454. The summed E-state index contributed by atoms with van der Waals surface area (Å²) >= 11 is 0. The van der Waals surface area contributed by atoms with Crippen molar-refractivity contribution in [2.45, 2.75) is 39.8 Å². The molecule has 20 heavy (non-hydrogen) atoms. The second kappa shape index (κ2) is 6.53. The van der Waals surface area contributed by atoms with Gasteiger partial charge >= 0.3 is 0 Å². The Kier molecular flexibility index (Phi) is 4.74. The summed E-state index contributed by atoms with van der Waals surface area (Å²) < 4.78 is 5.94. The average molecular weight is 270 g/mol. The van der Waals surface area contributed by atoms with E-state index < -0.39 is 0 Å². The fourth-order valence-corrected chi connectivity index (χ4v) is 2.02. The maximum atomic E-state index is 5.94. The van der Waals surface area contributed by atoms with E-state index in [-0.39, 0.29) is 0 Å². The molecule has 0 aliphatic heterocycles. The summed E-state index contributed by atoms with van der Waals surface area (Å²) in [5.41, 5.74) is 10.0. The maximum Gasteiger partial charge on any atom is 0.122 e. The third kappa shape index (κ3) is 3.58. The van der Waals surface area contributed by atoms with Crippen molar-refractivity contribution >= 4 is 0 Å². The minimum Gasteiger partial charge on any atom is -0.489 e. The molecule has 0 unspecified atom stereocenters. The summed E-state index contributed by atoms with van der Waals surface area (Å²) in [6.07, 6.45) is 1.78. The highest BCUT2D eigenvalue weighted by Gasteiger charge is 2.05. The Morgan fingerprint density at radius 3 is 2.70 bits per heavy atom. The van der Waals surface area contributed by atoms with Gasteiger partial charge in [0, 0.05) is 12.7 Å². The van der Waals surface area contributed by atoms with Crippen molar-refractivity contribution in [3.63, 3.8) is 0 Å². The van der Waals surface area contributed by atoms with E-state index in [0.717, 1.165) is 22.6 Å². The van der Waals surface area contributed by atoms with Gasteiger partial charge in [0.2, 0.25) is 0 Å². The van der Waals surface area contributed by atoms with Crippen molar-refractivity contribution in [1.29, 1.82) is 0 Å². The van der Waals surface area contributed by atoms with Crippen molar-refractivity contribution in [3.05, 3.63) is 58.9 Å². The lowest BCUT2D eigenvalue weighted by atomic mass is 10.0. The van der Waals surface area contributed by atoms with Crippen LogP contribution in [0.15, 0.2) is 36.5 Å². The maximum absolute atomic E-state index is 5.94. The molecule has 0 saturated heterocycles. The first-order valence-corrected chi connectivity index (χ1v) is 6.97. The van der Waals surface area contributed by atoms with Gasteiger partial charge in [-0.05, 0) is 47.7 Å². The van der Waals surface area contributed by atoms with Crippen LogP contribution in [-0.2, 0) is 13.2 Å². The molecule has 0 saturated carbocycles. The van der Waals surface area contributed by atoms with E-state index in [1.165, 1.54) is 5.56 Å². The molecule has 0 spiro atoms. The Hall–Kier alpha value is -1.87. The van der Waals surface area contributed by atoms with Gasteiger partial charge in [0.25, 0.3) is 0 Å². The molecule has 0 aliphatic carbocycles. The highest BCUT2D eigenvalue weighted by atomic mass is 16.5. The average Bonchev–Trinajstić information content (AvgIpc) is 2.46. The molecule has 0 radical (unpaired) electrons. The van der Waals surface area contributed by atoms with E-state index in [1.807, 2.05) is 12.1 Å². The number of aromatic nitrogens is 1. The summed E-state index contributed by atoms with van der Waals surface area (Å²) in [5.74, 6) is 1.45. The van der Waals surface area contributed by atoms with E-state index >= 15 is 0 Å². The van der Waals surface area contributed by atoms with Gasteiger partial charge < -0.3 is 10.5 Å². The smallest absolute Gasteiger partial charge is 0.122 e. The number of benzene rings is 1. The molecule has 0 atom stereocenters. The van der Waals surface area contributed by atoms with Gasteiger partial charge in [0.05, 0.1) is 5.69 Å². The van der Waals surface area contributed by atoms with E-state index in [2.05, 4.69) is 44.0 Å². The van der Waals surface area contributed by atoms with Crippen LogP contribution in [0.25, 0.3) is 0 Å². The van der Waals surface area contributed by atoms with Crippen LogP contribution in [0.5, 0.6) is 5.75 Å². The number of nitrogens with zero attached hydrogens (tertiary/aromatic N) is 1. The first-order valence-electron chi connectivity index (χ1n) is 6.97. The van der Waals surface area contributed by atoms with Crippen LogP contribution in [0.4, 0.5) is 0 Å². The number of pyridine rings is 1. The zero-order valence-electron chi connectivity index (χ0n) is 12.4. The Bertz CT molecular complexity index is 579. The van der Waals surface area contributed by atoms with Crippen LogP contribution in [0.3, 0.4) is 0 Å². The molecular weight excluding hydrogens is 248 g/mol. The predicted octanol–water partition coefficient (Wildman–Crippen LogP) is 3.55. The number of hydrogen-bond acceptors (Lipinski definition) is 3. The van der Waals surface area contributed by atoms with Gasteiger partial charge in [-0.3, -0.25) is 4.98 Å². The number of rotatable bonds is 5. The van der Waals surface area contributed by atoms with Crippen LogP contribution in [-0.4, -0.2) is 4.98 Å². The fourth-order valence-electron chi connectivity index (χ4n) is 2.02. The zero-order chi connectivity index (χ0) is 14.5. The fraction of sp³-hybridized carbons (Fsp3) is 0.353. The molecule has 1 aromatic carbocycles. The van der Waals surface area contributed by atoms with Crippen molar-refractivity contribution in [3.8, 4) is 5.75 Å². The van der Waals surface area contributed by atoms with E-state index in [9.17, 15) is 0 Å². The molecule has 1 aromatic heterocycles. The van der Waals surface area contributed by atoms with Crippen molar-refractivity contribution in [2.75, 3.05) is 0 Å². The molecule has 0 fully saturated rings. The standard InChI is InChI=1S/C17H22N2O/c1-12(2)15-5-4-13(3)17(9-15)20-11-14-6-7-19-16(8-14)10-18/h4-9,12H,10-11,18H2,1-3H3. The molecule has 0 aliphatic rings. The summed E-state index contributed by atoms with van der Waals surface area (Å²) in [7, 11) is 0. The van der Waals surface area contributed by atoms with E-state index in [0.29, 0.717) is 19.1 Å². The summed E-state index contributed by atoms with van der Waals surface area (Å²) in [4.78, 5) is 4.19. The molecule has 0 bridgehead atoms. The molecule has 2 N–H and O–H groups in total. The van der Waals surface area contributed by atoms with Gasteiger partial charge in [-0.2, -0.15) is 0 Å². The lowest BCUT2D eigenvalue weighted by molar-refractivity contribution is 0.303. The summed E-state index contributed by atoms with van der Waals surface area (Å²) in [6, 6.07) is 10.3. The van der Waals surface area contributed by atoms with E-state index in [4.69, 9.17) is 10.5 Å². The Labute approximate surface area is 120 Å². The molecule has 3 nitrogen and oxygen atoms in total. The predicted molar refractivity (Wildman–Crippen MR) is 81.7 cm³/mol. The number of aryl methyl sites for hydroxylation is 1. The number of nitrogens with two attached hydrogens (primary N) is 1. The normalized spacial score (nSPS) is 10.8. The van der Waals surface area contributed by atoms with Gasteiger partial charge in [0.15, 0.2) is 0 Å². The largest absolute Gasteiger partial charge is 0.489 e.